The van der Waals surface area contributed by atoms with E-state index in [2.05, 4.69) is 0 Å². The van der Waals surface area contributed by atoms with E-state index >= 15 is 0 Å². The number of methoxy groups -OCH3 is 2. The fourth-order valence-electron chi connectivity index (χ4n) is 2.44. The van der Waals surface area contributed by atoms with E-state index in [-0.39, 0.29) is 17.3 Å². The lowest BCUT2D eigenvalue weighted by atomic mass is 10.2. The normalized spacial score (nSPS) is 20.1. The van der Waals surface area contributed by atoms with Crippen molar-refractivity contribution in [2.45, 2.75) is 17.9 Å². The second-order valence-electron chi connectivity index (χ2n) is 5.07. The van der Waals surface area contributed by atoms with Gasteiger partial charge in [-0.25, -0.2) is 8.42 Å². The van der Waals surface area contributed by atoms with Gasteiger partial charge in [0.1, 0.15) is 6.04 Å². The summed E-state index contributed by atoms with van der Waals surface area (Å²) in [4.78, 5) is 13.6. The smallest absolute Gasteiger partial charge is 0.243 e. The number of piperazine rings is 1. The molecule has 1 aliphatic heterocycles. The molecule has 22 heavy (non-hydrogen) atoms. The third-order valence-corrected chi connectivity index (χ3v) is 5.75. The van der Waals surface area contributed by atoms with Crippen LogP contribution in [0.2, 0.25) is 0 Å². The molecule has 122 valence electrons. The van der Waals surface area contributed by atoms with Gasteiger partial charge in [0, 0.05) is 26.2 Å². The van der Waals surface area contributed by atoms with Crippen LogP contribution < -0.4 is 9.47 Å². The van der Waals surface area contributed by atoms with Gasteiger partial charge in [-0.3, -0.25) is 4.79 Å². The minimum atomic E-state index is -3.77. The Morgan fingerprint density at radius 2 is 1.77 bits per heavy atom. The third-order valence-electron chi connectivity index (χ3n) is 3.78. The molecule has 1 fully saturated rings. The van der Waals surface area contributed by atoms with Crippen molar-refractivity contribution in [3.63, 3.8) is 0 Å². The summed E-state index contributed by atoms with van der Waals surface area (Å²) >= 11 is 0. The Morgan fingerprint density at radius 3 is 2.36 bits per heavy atom. The predicted octanol–water partition coefficient (Wildman–Crippen LogP) is 0.555. The SMILES string of the molecule is COc1ccc(S(=O)(=O)N2CCN(C)C(=O)C2C)cc1OC. The number of amides is 1. The van der Waals surface area contributed by atoms with E-state index in [4.69, 9.17) is 9.47 Å². The second kappa shape index (κ2) is 6.13. The first-order chi connectivity index (χ1) is 10.3. The fourth-order valence-corrected chi connectivity index (χ4v) is 4.03. The predicted molar refractivity (Wildman–Crippen MR) is 80.5 cm³/mol. The van der Waals surface area contributed by atoms with Crippen molar-refractivity contribution in [2.75, 3.05) is 34.4 Å². The molecule has 1 aliphatic rings. The van der Waals surface area contributed by atoms with Crippen molar-refractivity contribution < 1.29 is 22.7 Å². The number of carbonyl (C=O) groups is 1. The molecule has 0 bridgehead atoms. The third kappa shape index (κ3) is 2.76. The maximum atomic E-state index is 12.8. The van der Waals surface area contributed by atoms with Gasteiger partial charge in [0.15, 0.2) is 11.5 Å². The van der Waals surface area contributed by atoms with Gasteiger partial charge < -0.3 is 14.4 Å². The lowest BCUT2D eigenvalue weighted by molar-refractivity contribution is -0.136. The van der Waals surface area contributed by atoms with Crippen LogP contribution in [0.25, 0.3) is 0 Å². The van der Waals surface area contributed by atoms with Gasteiger partial charge in [-0.05, 0) is 19.1 Å². The Kier molecular flexibility index (Phi) is 4.62. The average molecular weight is 328 g/mol. The molecule has 0 aromatic heterocycles. The van der Waals surface area contributed by atoms with Crippen molar-refractivity contribution in [3.05, 3.63) is 18.2 Å². The number of sulfonamides is 1. The zero-order valence-corrected chi connectivity index (χ0v) is 13.9. The number of nitrogens with zero attached hydrogens (tertiary/aromatic N) is 2. The first-order valence-electron chi connectivity index (χ1n) is 6.81. The van der Waals surface area contributed by atoms with Gasteiger partial charge in [0.2, 0.25) is 15.9 Å². The molecule has 0 radical (unpaired) electrons. The summed E-state index contributed by atoms with van der Waals surface area (Å²) in [6.45, 7) is 2.23. The maximum Gasteiger partial charge on any atom is 0.243 e. The molecule has 0 spiro atoms. The topological polar surface area (TPSA) is 76.2 Å². The molecule has 1 amide bonds. The minimum Gasteiger partial charge on any atom is -0.493 e. The Balaban J connectivity index is 2.40. The van der Waals surface area contributed by atoms with E-state index in [1.807, 2.05) is 0 Å². The summed E-state index contributed by atoms with van der Waals surface area (Å²) in [6, 6.07) is 3.67. The van der Waals surface area contributed by atoms with E-state index < -0.39 is 16.1 Å². The molecule has 0 aliphatic carbocycles. The van der Waals surface area contributed by atoms with Crippen molar-refractivity contribution >= 4 is 15.9 Å². The van der Waals surface area contributed by atoms with Crippen LogP contribution >= 0.6 is 0 Å². The molecule has 1 aromatic carbocycles. The maximum absolute atomic E-state index is 12.8. The van der Waals surface area contributed by atoms with Gasteiger partial charge in [0.05, 0.1) is 19.1 Å². The van der Waals surface area contributed by atoms with E-state index in [1.165, 1.54) is 41.6 Å². The summed E-state index contributed by atoms with van der Waals surface area (Å²) in [5, 5.41) is 0. The number of carbonyl (C=O) groups excluding carboxylic acids is 1. The molecule has 7 nitrogen and oxygen atoms in total. The van der Waals surface area contributed by atoms with E-state index in [0.29, 0.717) is 18.0 Å². The first-order valence-corrected chi connectivity index (χ1v) is 8.25. The monoisotopic (exact) mass is 328 g/mol. The highest BCUT2D eigenvalue weighted by atomic mass is 32.2. The van der Waals surface area contributed by atoms with Crippen LogP contribution in [-0.4, -0.2) is 63.9 Å². The molecule has 1 aromatic rings. The largest absolute Gasteiger partial charge is 0.493 e. The van der Waals surface area contributed by atoms with Crippen molar-refractivity contribution in [2.24, 2.45) is 0 Å². The quantitative estimate of drug-likeness (QED) is 0.807. The van der Waals surface area contributed by atoms with Gasteiger partial charge in [-0.2, -0.15) is 4.31 Å². The number of rotatable bonds is 4. The molecule has 1 unspecified atom stereocenters. The molecular weight excluding hydrogens is 308 g/mol. The molecule has 0 N–H and O–H groups in total. The molecule has 8 heteroatoms. The highest BCUT2D eigenvalue weighted by molar-refractivity contribution is 7.89. The summed E-state index contributed by atoms with van der Waals surface area (Å²) in [5.74, 6) is 0.566. The van der Waals surface area contributed by atoms with Crippen molar-refractivity contribution in [1.29, 1.82) is 0 Å². The average Bonchev–Trinajstić information content (AvgIpc) is 2.51. The van der Waals surface area contributed by atoms with Crippen molar-refractivity contribution in [1.82, 2.24) is 9.21 Å². The van der Waals surface area contributed by atoms with Crippen LogP contribution in [0, 0.1) is 0 Å². The summed E-state index contributed by atoms with van der Waals surface area (Å²) in [7, 11) is 0.811. The Hall–Kier alpha value is -1.80. The molecule has 1 heterocycles. The highest BCUT2D eigenvalue weighted by Crippen LogP contribution is 2.31. The first kappa shape index (κ1) is 16.6. The number of hydrogen-bond acceptors (Lipinski definition) is 5. The Bertz CT molecular complexity index is 674. The van der Waals surface area contributed by atoms with Crippen LogP contribution in [0.1, 0.15) is 6.92 Å². The van der Waals surface area contributed by atoms with Crippen LogP contribution in [0.5, 0.6) is 11.5 Å². The van der Waals surface area contributed by atoms with E-state index in [9.17, 15) is 13.2 Å². The molecule has 0 saturated carbocycles. The molecule has 2 rings (SSSR count). The van der Waals surface area contributed by atoms with Gasteiger partial charge in [-0.15, -0.1) is 0 Å². The molecular formula is C14H20N2O5S. The lowest BCUT2D eigenvalue weighted by Crippen LogP contribution is -2.56. The van der Waals surface area contributed by atoms with Crippen LogP contribution in [0.15, 0.2) is 23.1 Å². The lowest BCUT2D eigenvalue weighted by Gasteiger charge is -2.36. The number of ether oxygens (including phenoxy) is 2. The van der Waals surface area contributed by atoms with E-state index in [0.717, 1.165) is 0 Å². The van der Waals surface area contributed by atoms with Crippen LogP contribution in [0.4, 0.5) is 0 Å². The fraction of sp³-hybridized carbons (Fsp3) is 0.500. The Morgan fingerprint density at radius 1 is 1.14 bits per heavy atom. The van der Waals surface area contributed by atoms with Crippen LogP contribution in [-0.2, 0) is 14.8 Å². The van der Waals surface area contributed by atoms with Crippen molar-refractivity contribution in [3.8, 4) is 11.5 Å². The van der Waals surface area contributed by atoms with Gasteiger partial charge >= 0.3 is 0 Å². The zero-order valence-electron chi connectivity index (χ0n) is 13.1. The number of hydrogen-bond donors (Lipinski definition) is 0. The molecule has 1 saturated heterocycles. The number of likely N-dealkylation sites (N-methyl/N-ethyl adjacent to an activating group) is 1. The second-order valence-corrected chi connectivity index (χ2v) is 6.96. The summed E-state index contributed by atoms with van der Waals surface area (Å²) < 4.78 is 37.0. The minimum absolute atomic E-state index is 0.0781. The van der Waals surface area contributed by atoms with E-state index in [1.54, 1.807) is 14.0 Å². The number of benzene rings is 1. The molecule has 1 atom stereocenters. The Labute approximate surface area is 130 Å². The van der Waals surface area contributed by atoms with Crippen LogP contribution in [0.3, 0.4) is 0 Å². The summed E-state index contributed by atoms with van der Waals surface area (Å²) in [5.41, 5.74) is 0. The standard InChI is InChI=1S/C14H20N2O5S/c1-10-14(17)15(2)7-8-16(10)22(18,19)11-5-6-12(20-3)13(9-11)21-4/h5-6,9-10H,7-8H2,1-4H3. The highest BCUT2D eigenvalue weighted by Gasteiger charge is 2.38. The van der Waals surface area contributed by atoms with Gasteiger partial charge in [0.25, 0.3) is 0 Å². The zero-order chi connectivity index (χ0) is 16.5. The summed E-state index contributed by atoms with van der Waals surface area (Å²) in [6.07, 6.45) is 0. The van der Waals surface area contributed by atoms with Gasteiger partial charge in [-0.1, -0.05) is 0 Å².